The van der Waals surface area contributed by atoms with Gasteiger partial charge in [0.25, 0.3) is 11.6 Å². The number of nitrogens with one attached hydrogen (secondary N) is 1. The predicted octanol–water partition coefficient (Wildman–Crippen LogP) is 2.63. The molecule has 21 heavy (non-hydrogen) atoms. The van der Waals surface area contributed by atoms with E-state index in [1.54, 1.807) is 6.20 Å². The van der Waals surface area contributed by atoms with Gasteiger partial charge in [0.15, 0.2) is 0 Å². The predicted molar refractivity (Wildman–Crippen MR) is 78.8 cm³/mol. The van der Waals surface area contributed by atoms with E-state index in [4.69, 9.17) is 11.6 Å². The molecule has 2 rings (SSSR count). The number of hydrogen-bond donors (Lipinski definition) is 1. The van der Waals surface area contributed by atoms with Gasteiger partial charge in [0, 0.05) is 30.1 Å². The standard InChI is InChI=1S/C12H11ClN4O3S/c1-7(12-14-2-3-21-12)5-16-11(18)9-4-8(17(19)20)6-15-10(9)13/h2-4,6-7H,5H2,1H3,(H,16,18). The maximum Gasteiger partial charge on any atom is 0.288 e. The van der Waals surface area contributed by atoms with Crippen molar-refractivity contribution < 1.29 is 9.72 Å². The third-order valence-corrected chi connectivity index (χ3v) is 4.03. The van der Waals surface area contributed by atoms with E-state index >= 15 is 0 Å². The average molecular weight is 327 g/mol. The van der Waals surface area contributed by atoms with Crippen LogP contribution in [0.15, 0.2) is 23.8 Å². The number of amides is 1. The molecule has 0 fully saturated rings. The van der Waals surface area contributed by atoms with Crippen LogP contribution in [0.3, 0.4) is 0 Å². The highest BCUT2D eigenvalue weighted by Crippen LogP contribution is 2.20. The molecule has 0 aliphatic rings. The molecular formula is C12H11ClN4O3S. The van der Waals surface area contributed by atoms with Gasteiger partial charge in [0.2, 0.25) is 0 Å². The van der Waals surface area contributed by atoms with Crippen LogP contribution in [0.1, 0.15) is 28.2 Å². The minimum Gasteiger partial charge on any atom is -0.351 e. The third kappa shape index (κ3) is 3.73. The monoisotopic (exact) mass is 326 g/mol. The normalized spacial score (nSPS) is 11.9. The fourth-order valence-electron chi connectivity index (χ4n) is 1.60. The summed E-state index contributed by atoms with van der Waals surface area (Å²) in [4.78, 5) is 29.9. The number of halogens is 1. The smallest absolute Gasteiger partial charge is 0.288 e. The summed E-state index contributed by atoms with van der Waals surface area (Å²) < 4.78 is 0. The second kappa shape index (κ2) is 6.59. The number of pyridine rings is 1. The van der Waals surface area contributed by atoms with Crippen LogP contribution < -0.4 is 5.32 Å². The molecule has 9 heteroatoms. The lowest BCUT2D eigenvalue weighted by Crippen LogP contribution is -2.28. The van der Waals surface area contributed by atoms with Crippen molar-refractivity contribution in [1.82, 2.24) is 15.3 Å². The summed E-state index contributed by atoms with van der Waals surface area (Å²) in [7, 11) is 0. The number of hydrogen-bond acceptors (Lipinski definition) is 6. The van der Waals surface area contributed by atoms with Crippen molar-refractivity contribution in [2.75, 3.05) is 6.54 Å². The zero-order valence-corrected chi connectivity index (χ0v) is 12.5. The quantitative estimate of drug-likeness (QED) is 0.517. The molecule has 0 aliphatic carbocycles. The van der Waals surface area contributed by atoms with Crippen molar-refractivity contribution in [1.29, 1.82) is 0 Å². The Balaban J connectivity index is 2.06. The van der Waals surface area contributed by atoms with Gasteiger partial charge in [0.05, 0.1) is 15.5 Å². The first-order valence-electron chi connectivity index (χ1n) is 5.96. The second-order valence-electron chi connectivity index (χ2n) is 4.27. The number of nitro groups is 1. The first kappa shape index (κ1) is 15.3. The molecule has 2 heterocycles. The highest BCUT2D eigenvalue weighted by molar-refractivity contribution is 7.09. The van der Waals surface area contributed by atoms with Crippen molar-refractivity contribution >= 4 is 34.5 Å². The number of carbonyl (C=O) groups excluding carboxylic acids is 1. The fraction of sp³-hybridized carbons (Fsp3) is 0.250. The van der Waals surface area contributed by atoms with Gasteiger partial charge in [-0.2, -0.15) is 0 Å². The van der Waals surface area contributed by atoms with Crippen molar-refractivity contribution in [2.45, 2.75) is 12.8 Å². The molecule has 1 unspecified atom stereocenters. The third-order valence-electron chi connectivity index (χ3n) is 2.72. The van der Waals surface area contributed by atoms with Gasteiger partial charge in [-0.15, -0.1) is 11.3 Å². The Hall–Kier alpha value is -2.06. The summed E-state index contributed by atoms with van der Waals surface area (Å²) in [5, 5.41) is 16.1. The van der Waals surface area contributed by atoms with Crippen molar-refractivity contribution in [3.8, 4) is 0 Å². The van der Waals surface area contributed by atoms with E-state index in [0.717, 1.165) is 17.3 Å². The minimum atomic E-state index is -0.627. The van der Waals surface area contributed by atoms with Gasteiger partial charge in [-0.25, -0.2) is 9.97 Å². The molecule has 1 amide bonds. The first-order valence-corrected chi connectivity index (χ1v) is 7.22. The summed E-state index contributed by atoms with van der Waals surface area (Å²) in [6, 6.07) is 1.11. The Kier molecular flexibility index (Phi) is 4.81. The molecule has 2 aromatic rings. The SMILES string of the molecule is CC(CNC(=O)c1cc([N+](=O)[O-])cnc1Cl)c1nccs1. The number of aromatic nitrogens is 2. The van der Waals surface area contributed by atoms with Gasteiger partial charge in [-0.1, -0.05) is 18.5 Å². The van der Waals surface area contributed by atoms with Gasteiger partial charge in [-0.3, -0.25) is 14.9 Å². The molecule has 0 spiro atoms. The van der Waals surface area contributed by atoms with Crippen LogP contribution in [0.2, 0.25) is 5.15 Å². The molecule has 0 aliphatic heterocycles. The number of carbonyl (C=O) groups is 1. The summed E-state index contributed by atoms with van der Waals surface area (Å²) in [5.74, 6) is -0.459. The molecule has 0 saturated heterocycles. The van der Waals surface area contributed by atoms with Crippen LogP contribution in [0.25, 0.3) is 0 Å². The zero-order chi connectivity index (χ0) is 15.4. The lowest BCUT2D eigenvalue weighted by atomic mass is 10.2. The topological polar surface area (TPSA) is 98.0 Å². The van der Waals surface area contributed by atoms with Gasteiger partial charge >= 0.3 is 0 Å². The largest absolute Gasteiger partial charge is 0.351 e. The Morgan fingerprint density at radius 2 is 2.33 bits per heavy atom. The zero-order valence-electron chi connectivity index (χ0n) is 10.9. The molecule has 0 bridgehead atoms. The fourth-order valence-corrected chi connectivity index (χ4v) is 2.49. The average Bonchev–Trinajstić information content (AvgIpc) is 2.98. The van der Waals surface area contributed by atoms with Crippen LogP contribution in [0, 0.1) is 10.1 Å². The van der Waals surface area contributed by atoms with Crippen molar-refractivity contribution in [3.63, 3.8) is 0 Å². The summed E-state index contributed by atoms with van der Waals surface area (Å²) in [6.45, 7) is 2.28. The Morgan fingerprint density at radius 3 is 2.95 bits per heavy atom. The van der Waals surface area contributed by atoms with E-state index in [9.17, 15) is 14.9 Å². The maximum absolute atomic E-state index is 12.0. The molecule has 1 N–H and O–H groups in total. The van der Waals surface area contributed by atoms with Crippen LogP contribution in [0.5, 0.6) is 0 Å². The lowest BCUT2D eigenvalue weighted by molar-refractivity contribution is -0.385. The van der Waals surface area contributed by atoms with Gasteiger partial charge < -0.3 is 5.32 Å². The van der Waals surface area contributed by atoms with E-state index in [1.165, 1.54) is 11.3 Å². The molecule has 0 saturated carbocycles. The van der Waals surface area contributed by atoms with E-state index in [1.807, 2.05) is 12.3 Å². The van der Waals surface area contributed by atoms with Crippen LogP contribution >= 0.6 is 22.9 Å². The highest BCUT2D eigenvalue weighted by Gasteiger charge is 2.18. The maximum atomic E-state index is 12.0. The van der Waals surface area contributed by atoms with Gasteiger partial charge in [-0.05, 0) is 0 Å². The minimum absolute atomic E-state index is 0.0165. The molecule has 0 aromatic carbocycles. The van der Waals surface area contributed by atoms with Crippen LogP contribution in [-0.2, 0) is 0 Å². The molecule has 1 atom stereocenters. The molecule has 7 nitrogen and oxygen atoms in total. The van der Waals surface area contributed by atoms with E-state index < -0.39 is 10.8 Å². The van der Waals surface area contributed by atoms with E-state index in [2.05, 4.69) is 15.3 Å². The van der Waals surface area contributed by atoms with Crippen LogP contribution in [0.4, 0.5) is 5.69 Å². The van der Waals surface area contributed by atoms with Gasteiger partial charge in [0.1, 0.15) is 11.3 Å². The van der Waals surface area contributed by atoms with E-state index in [0.29, 0.717) is 6.54 Å². The van der Waals surface area contributed by atoms with Crippen molar-refractivity contribution in [3.05, 3.63) is 49.7 Å². The molecular weight excluding hydrogens is 316 g/mol. The highest BCUT2D eigenvalue weighted by atomic mass is 35.5. The number of nitrogens with zero attached hydrogens (tertiary/aromatic N) is 3. The number of thiazole rings is 1. The first-order chi connectivity index (χ1) is 9.99. The lowest BCUT2D eigenvalue weighted by Gasteiger charge is -2.10. The second-order valence-corrected chi connectivity index (χ2v) is 5.55. The summed E-state index contributed by atoms with van der Waals surface area (Å²) in [5.41, 5.74) is -0.297. The van der Waals surface area contributed by atoms with Crippen LogP contribution in [-0.4, -0.2) is 27.3 Å². The van der Waals surface area contributed by atoms with E-state index in [-0.39, 0.29) is 22.3 Å². The molecule has 2 aromatic heterocycles. The summed E-state index contributed by atoms with van der Waals surface area (Å²) >= 11 is 7.30. The summed E-state index contributed by atoms with van der Waals surface area (Å²) in [6.07, 6.45) is 2.71. The molecule has 110 valence electrons. The van der Waals surface area contributed by atoms with Crippen molar-refractivity contribution in [2.24, 2.45) is 0 Å². The molecule has 0 radical (unpaired) electrons. The number of rotatable bonds is 5. The Morgan fingerprint density at radius 1 is 1.57 bits per heavy atom. The Labute approximate surface area is 129 Å². The Bertz CT molecular complexity index is 663.